The number of aromatic nitrogens is 1. The molecule has 4 rings (SSSR count). The predicted octanol–water partition coefficient (Wildman–Crippen LogP) is 2.73. The van der Waals surface area contributed by atoms with Crippen molar-refractivity contribution in [3.63, 3.8) is 0 Å². The molecule has 8 heteroatoms. The van der Waals surface area contributed by atoms with Gasteiger partial charge in [-0.2, -0.15) is 0 Å². The van der Waals surface area contributed by atoms with Crippen molar-refractivity contribution in [2.24, 2.45) is 0 Å². The molecule has 2 aromatic heterocycles. The number of pyridine rings is 1. The van der Waals surface area contributed by atoms with Crippen LogP contribution in [-0.4, -0.2) is 29.2 Å². The number of nitrogens with zero attached hydrogens (tertiary/aromatic N) is 2. The maximum absolute atomic E-state index is 12.4. The fourth-order valence-corrected chi connectivity index (χ4v) is 3.11. The van der Waals surface area contributed by atoms with E-state index < -0.39 is 0 Å². The van der Waals surface area contributed by atoms with Crippen LogP contribution in [0.2, 0.25) is 0 Å². The van der Waals surface area contributed by atoms with E-state index in [1.165, 1.54) is 11.8 Å². The van der Waals surface area contributed by atoms with Gasteiger partial charge in [0.05, 0.1) is 12.2 Å². The number of ketones is 1. The number of Topliss-reactive ketones (excluding diaryl/α,β-unsaturated/α-hetero) is 1. The lowest BCUT2D eigenvalue weighted by molar-refractivity contribution is -0.121. The van der Waals surface area contributed by atoms with E-state index in [0.717, 1.165) is 5.56 Å². The summed E-state index contributed by atoms with van der Waals surface area (Å²) < 4.78 is 11.1. The highest BCUT2D eigenvalue weighted by Crippen LogP contribution is 2.34. The Hall–Kier alpha value is -3.94. The number of ether oxygens (including phenoxy) is 1. The van der Waals surface area contributed by atoms with Gasteiger partial charge in [-0.05, 0) is 48.9 Å². The molecule has 1 aliphatic rings. The van der Waals surface area contributed by atoms with Crippen LogP contribution in [0.15, 0.2) is 59.3 Å². The Morgan fingerprint density at radius 3 is 2.83 bits per heavy atom. The minimum atomic E-state index is -0.363. The van der Waals surface area contributed by atoms with Crippen LogP contribution < -0.4 is 15.0 Å². The molecule has 1 N–H and O–H groups in total. The fourth-order valence-electron chi connectivity index (χ4n) is 3.11. The van der Waals surface area contributed by atoms with Crippen molar-refractivity contribution < 1.29 is 23.5 Å². The van der Waals surface area contributed by atoms with Gasteiger partial charge in [-0.3, -0.25) is 24.3 Å². The zero-order valence-electron chi connectivity index (χ0n) is 16.3. The molecular weight excluding hydrogens is 386 g/mol. The first-order valence-electron chi connectivity index (χ1n) is 9.35. The number of hydrogen-bond acceptors (Lipinski definition) is 6. The van der Waals surface area contributed by atoms with Gasteiger partial charge >= 0.3 is 0 Å². The third-order valence-electron chi connectivity index (χ3n) is 4.68. The molecule has 0 fully saturated rings. The topological polar surface area (TPSA) is 102 Å². The molecule has 0 atom stereocenters. The molecule has 30 heavy (non-hydrogen) atoms. The Morgan fingerprint density at radius 1 is 1.20 bits per heavy atom. The number of fused-ring (bicyclic) bond motifs is 1. The van der Waals surface area contributed by atoms with Crippen molar-refractivity contribution in [3.05, 3.63) is 77.5 Å². The highest BCUT2D eigenvalue weighted by atomic mass is 16.5. The molecule has 0 unspecified atom stereocenters. The summed E-state index contributed by atoms with van der Waals surface area (Å²) in [6.45, 7) is 1.80. The zero-order chi connectivity index (χ0) is 21.1. The van der Waals surface area contributed by atoms with E-state index in [9.17, 15) is 14.4 Å². The van der Waals surface area contributed by atoms with E-state index in [1.54, 1.807) is 48.8 Å². The maximum atomic E-state index is 12.4. The molecule has 152 valence electrons. The Kier molecular flexibility index (Phi) is 5.30. The van der Waals surface area contributed by atoms with Crippen LogP contribution >= 0.6 is 0 Å². The van der Waals surface area contributed by atoms with Crippen molar-refractivity contribution in [1.82, 2.24) is 10.3 Å². The van der Waals surface area contributed by atoms with E-state index in [4.69, 9.17) is 9.15 Å². The van der Waals surface area contributed by atoms with E-state index in [0.29, 0.717) is 29.3 Å². The first kappa shape index (κ1) is 19.4. The molecule has 0 bridgehead atoms. The second-order valence-corrected chi connectivity index (χ2v) is 6.82. The minimum absolute atomic E-state index is 0.106. The third-order valence-corrected chi connectivity index (χ3v) is 4.68. The molecule has 3 aromatic rings. The van der Waals surface area contributed by atoms with Crippen molar-refractivity contribution in [2.75, 3.05) is 11.5 Å². The average molecular weight is 405 g/mol. The second-order valence-electron chi connectivity index (χ2n) is 6.82. The van der Waals surface area contributed by atoms with Gasteiger partial charge in [0, 0.05) is 24.5 Å². The molecule has 1 aromatic carbocycles. The normalized spacial score (nSPS) is 12.8. The van der Waals surface area contributed by atoms with Crippen LogP contribution in [0.4, 0.5) is 5.69 Å². The lowest BCUT2D eigenvalue weighted by Crippen LogP contribution is -2.38. The Labute approximate surface area is 172 Å². The van der Waals surface area contributed by atoms with E-state index in [2.05, 4.69) is 10.3 Å². The first-order valence-corrected chi connectivity index (χ1v) is 9.35. The van der Waals surface area contributed by atoms with Crippen LogP contribution in [0.3, 0.4) is 0 Å². The largest absolute Gasteiger partial charge is 0.482 e. The summed E-state index contributed by atoms with van der Waals surface area (Å²) in [7, 11) is 0. The van der Waals surface area contributed by atoms with Crippen LogP contribution in [-0.2, 0) is 17.9 Å². The van der Waals surface area contributed by atoms with Crippen molar-refractivity contribution in [1.29, 1.82) is 0 Å². The molecule has 3 heterocycles. The summed E-state index contributed by atoms with van der Waals surface area (Å²) in [4.78, 5) is 42.0. The smallest absolute Gasteiger partial charge is 0.287 e. The molecule has 8 nitrogen and oxygen atoms in total. The molecule has 0 radical (unpaired) electrons. The van der Waals surface area contributed by atoms with Gasteiger partial charge in [-0.15, -0.1) is 0 Å². The Balaban J connectivity index is 1.48. The summed E-state index contributed by atoms with van der Waals surface area (Å²) in [5.41, 5.74) is 1.85. The van der Waals surface area contributed by atoms with Gasteiger partial charge in [0.2, 0.25) is 0 Å². The molecule has 0 spiro atoms. The third kappa shape index (κ3) is 4.07. The van der Waals surface area contributed by atoms with Gasteiger partial charge < -0.3 is 14.5 Å². The molecule has 1 aliphatic heterocycles. The minimum Gasteiger partial charge on any atom is -0.482 e. The van der Waals surface area contributed by atoms with Gasteiger partial charge in [-0.25, -0.2) is 0 Å². The van der Waals surface area contributed by atoms with Crippen LogP contribution in [0.5, 0.6) is 5.75 Å². The molecule has 2 amide bonds. The number of furan rings is 1. The number of carbonyl (C=O) groups is 3. The number of carbonyl (C=O) groups excluding carboxylic acids is 3. The number of nitrogens with one attached hydrogen (secondary N) is 1. The van der Waals surface area contributed by atoms with Crippen molar-refractivity contribution in [3.8, 4) is 5.75 Å². The monoisotopic (exact) mass is 405 g/mol. The van der Waals surface area contributed by atoms with Crippen LogP contribution in [0.25, 0.3) is 0 Å². The predicted molar refractivity (Wildman–Crippen MR) is 107 cm³/mol. The van der Waals surface area contributed by atoms with Crippen molar-refractivity contribution >= 4 is 23.3 Å². The van der Waals surface area contributed by atoms with Crippen molar-refractivity contribution in [2.45, 2.75) is 20.0 Å². The maximum Gasteiger partial charge on any atom is 0.287 e. The van der Waals surface area contributed by atoms with Crippen LogP contribution in [0.1, 0.15) is 39.2 Å². The first-order chi connectivity index (χ1) is 14.5. The van der Waals surface area contributed by atoms with Gasteiger partial charge in [0.1, 0.15) is 11.5 Å². The zero-order valence-corrected chi connectivity index (χ0v) is 16.3. The summed E-state index contributed by atoms with van der Waals surface area (Å²) in [5, 5.41) is 2.77. The van der Waals surface area contributed by atoms with E-state index in [-0.39, 0.29) is 36.5 Å². The van der Waals surface area contributed by atoms with E-state index >= 15 is 0 Å². The lowest BCUT2D eigenvalue weighted by atomic mass is 10.1. The lowest BCUT2D eigenvalue weighted by Gasteiger charge is -2.29. The highest BCUT2D eigenvalue weighted by Gasteiger charge is 2.27. The number of amides is 2. The fraction of sp³-hybridized carbons (Fsp3) is 0.182. The average Bonchev–Trinajstić information content (AvgIpc) is 3.23. The highest BCUT2D eigenvalue weighted by molar-refractivity contribution is 6.01. The molecule has 0 aliphatic carbocycles. The van der Waals surface area contributed by atoms with Crippen LogP contribution in [0, 0.1) is 0 Å². The SMILES string of the molecule is CC(=O)c1ccc2c(c1)N(Cc1ccc(C(=O)NCc3cccnc3)o1)C(=O)CO2. The number of anilines is 1. The summed E-state index contributed by atoms with van der Waals surface area (Å²) in [6, 6.07) is 11.8. The number of hydrogen-bond donors (Lipinski definition) is 1. The summed E-state index contributed by atoms with van der Waals surface area (Å²) >= 11 is 0. The number of benzene rings is 1. The summed E-state index contributed by atoms with van der Waals surface area (Å²) in [6.07, 6.45) is 3.33. The standard InChI is InChI=1S/C22H19N3O5/c1-14(26)16-4-6-19-18(9-16)25(21(27)13-29-19)12-17-5-7-20(30-17)22(28)24-11-15-3-2-8-23-10-15/h2-10H,11-13H2,1H3,(H,24,28). The Morgan fingerprint density at radius 2 is 2.07 bits per heavy atom. The second kappa shape index (κ2) is 8.20. The summed E-state index contributed by atoms with van der Waals surface area (Å²) in [5.74, 6) is 0.366. The van der Waals surface area contributed by atoms with Gasteiger partial charge in [-0.1, -0.05) is 6.07 Å². The molecule has 0 saturated heterocycles. The van der Waals surface area contributed by atoms with Gasteiger partial charge in [0.15, 0.2) is 18.2 Å². The Bertz CT molecular complexity index is 1110. The van der Waals surface area contributed by atoms with Gasteiger partial charge in [0.25, 0.3) is 11.8 Å². The van der Waals surface area contributed by atoms with E-state index in [1.807, 2.05) is 6.07 Å². The number of rotatable bonds is 6. The molecular formula is C22H19N3O5. The quantitative estimate of drug-likeness (QED) is 0.633. The molecule has 0 saturated carbocycles.